The van der Waals surface area contributed by atoms with Gasteiger partial charge in [0.15, 0.2) is 5.60 Å². The number of halogens is 3. The van der Waals surface area contributed by atoms with Gasteiger partial charge in [-0.2, -0.15) is 13.2 Å². The van der Waals surface area contributed by atoms with Gasteiger partial charge in [0.25, 0.3) is 0 Å². The fourth-order valence-electron chi connectivity index (χ4n) is 1.36. The number of hydrogen-bond donors (Lipinski definition) is 1. The van der Waals surface area contributed by atoms with Crippen LogP contribution in [0, 0.1) is 5.92 Å². The summed E-state index contributed by atoms with van der Waals surface area (Å²) < 4.78 is 49.9. The number of primary amides is 1. The van der Waals surface area contributed by atoms with E-state index in [0.717, 1.165) is 6.92 Å². The molecule has 1 heterocycles. The summed E-state index contributed by atoms with van der Waals surface area (Å²) in [5, 5.41) is 0. The lowest BCUT2D eigenvalue weighted by Crippen LogP contribution is -2.47. The Balaban J connectivity index is 3.04. The first-order valence-corrected chi connectivity index (χ1v) is 4.10. The zero-order valence-electron chi connectivity index (χ0n) is 8.81. The number of nitrogens with two attached hydrogens (primary N) is 1. The summed E-state index contributed by atoms with van der Waals surface area (Å²) in [4.78, 5) is 10.8. The molecule has 0 aliphatic carbocycles. The Bertz CT molecular complexity index is 296. The maximum Gasteiger partial charge on any atom is 0.417 e. The molecule has 3 atom stereocenters. The topological polar surface area (TPSA) is 52.3 Å². The molecular formula is C8H12F3NO2. The maximum atomic E-state index is 12.6. The van der Waals surface area contributed by atoms with Crippen LogP contribution in [-0.2, 0) is 9.53 Å². The van der Waals surface area contributed by atoms with Gasteiger partial charge in [0.1, 0.15) is 6.08 Å². The molecule has 0 aromatic heterocycles. The standard InChI is InChI=1S/C8H12F3NO2/c1-4-3-5(6(12)13)14-7(4,2)8(9,10)11/h4-5H,3H2,1-2H3,(H2,12,13)/i5D. The quantitative estimate of drug-likeness (QED) is 0.710. The Hall–Kier alpha value is -0.780. The SMILES string of the molecule is [2H]C1(C(N)=O)CC(C)C(C)(C(F)(F)F)O1. The second-order valence-electron chi connectivity index (χ2n) is 3.60. The first-order chi connectivity index (χ1) is 6.53. The van der Waals surface area contributed by atoms with Crippen LogP contribution in [0.1, 0.15) is 21.6 Å². The van der Waals surface area contributed by atoms with Gasteiger partial charge in [-0.05, 0) is 19.3 Å². The number of carbonyl (C=O) groups excluding carboxylic acids is 1. The number of rotatable bonds is 1. The highest BCUT2D eigenvalue weighted by Crippen LogP contribution is 2.46. The Kier molecular flexibility index (Phi) is 2.17. The van der Waals surface area contributed by atoms with Gasteiger partial charge >= 0.3 is 6.18 Å². The van der Waals surface area contributed by atoms with E-state index in [1.165, 1.54) is 6.92 Å². The van der Waals surface area contributed by atoms with Crippen LogP contribution in [0.3, 0.4) is 0 Å². The molecule has 0 bridgehead atoms. The molecule has 1 aliphatic heterocycles. The van der Waals surface area contributed by atoms with E-state index in [1.54, 1.807) is 0 Å². The van der Waals surface area contributed by atoms with Crippen molar-refractivity contribution >= 4 is 5.91 Å². The van der Waals surface area contributed by atoms with Crippen molar-refractivity contribution in [3.05, 3.63) is 0 Å². The van der Waals surface area contributed by atoms with Gasteiger partial charge in [-0.15, -0.1) is 0 Å². The molecule has 1 saturated heterocycles. The van der Waals surface area contributed by atoms with Crippen LogP contribution >= 0.6 is 0 Å². The molecule has 3 unspecified atom stereocenters. The molecule has 0 spiro atoms. The van der Waals surface area contributed by atoms with Gasteiger partial charge in [0.05, 0.1) is 1.37 Å². The van der Waals surface area contributed by atoms with Crippen LogP contribution in [0.5, 0.6) is 0 Å². The van der Waals surface area contributed by atoms with E-state index >= 15 is 0 Å². The average Bonchev–Trinajstić information content (AvgIpc) is 2.23. The van der Waals surface area contributed by atoms with E-state index in [2.05, 4.69) is 4.74 Å². The largest absolute Gasteiger partial charge is 0.417 e. The van der Waals surface area contributed by atoms with Crippen LogP contribution in [0.4, 0.5) is 13.2 Å². The van der Waals surface area contributed by atoms with Crippen molar-refractivity contribution in [3.63, 3.8) is 0 Å². The Labute approximate surface area is 80.8 Å². The molecule has 0 aromatic carbocycles. The molecule has 0 aromatic rings. The minimum absolute atomic E-state index is 0.349. The van der Waals surface area contributed by atoms with Gasteiger partial charge < -0.3 is 10.5 Å². The normalized spacial score (nSPS) is 44.9. The van der Waals surface area contributed by atoms with Gasteiger partial charge in [-0.1, -0.05) is 6.92 Å². The summed E-state index contributed by atoms with van der Waals surface area (Å²) >= 11 is 0. The molecule has 1 amide bonds. The number of alkyl halides is 3. The predicted molar refractivity (Wildman–Crippen MR) is 42.3 cm³/mol. The van der Waals surface area contributed by atoms with Crippen molar-refractivity contribution < 1.29 is 24.1 Å². The molecule has 1 rings (SSSR count). The third-order valence-electron chi connectivity index (χ3n) is 2.60. The van der Waals surface area contributed by atoms with Crippen molar-refractivity contribution in [3.8, 4) is 0 Å². The number of carbonyl (C=O) groups is 1. The van der Waals surface area contributed by atoms with Crippen molar-refractivity contribution in [1.82, 2.24) is 0 Å². The molecule has 2 N–H and O–H groups in total. The van der Waals surface area contributed by atoms with E-state index in [0.29, 0.717) is 0 Å². The summed E-state index contributed by atoms with van der Waals surface area (Å²) in [6, 6.07) is 0. The van der Waals surface area contributed by atoms with Crippen LogP contribution in [0.15, 0.2) is 0 Å². The smallest absolute Gasteiger partial charge is 0.367 e. The van der Waals surface area contributed by atoms with Crippen LogP contribution in [-0.4, -0.2) is 23.8 Å². The van der Waals surface area contributed by atoms with Crippen molar-refractivity contribution in [2.24, 2.45) is 11.7 Å². The van der Waals surface area contributed by atoms with Crippen molar-refractivity contribution in [2.75, 3.05) is 0 Å². The predicted octanol–water partition coefficient (Wildman–Crippen LogP) is 1.22. The van der Waals surface area contributed by atoms with Crippen molar-refractivity contribution in [1.29, 1.82) is 0 Å². The third-order valence-corrected chi connectivity index (χ3v) is 2.60. The molecule has 14 heavy (non-hydrogen) atoms. The van der Waals surface area contributed by atoms with Gasteiger partial charge in [-0.25, -0.2) is 0 Å². The van der Waals surface area contributed by atoms with E-state index in [9.17, 15) is 18.0 Å². The monoisotopic (exact) mass is 212 g/mol. The Morgan fingerprint density at radius 3 is 2.43 bits per heavy atom. The van der Waals surface area contributed by atoms with E-state index in [-0.39, 0.29) is 6.42 Å². The molecule has 3 nitrogen and oxygen atoms in total. The zero-order valence-corrected chi connectivity index (χ0v) is 7.81. The van der Waals surface area contributed by atoms with E-state index in [4.69, 9.17) is 7.10 Å². The highest BCUT2D eigenvalue weighted by molar-refractivity contribution is 5.79. The highest BCUT2D eigenvalue weighted by atomic mass is 19.4. The molecule has 1 fully saturated rings. The highest BCUT2D eigenvalue weighted by Gasteiger charge is 2.61. The van der Waals surface area contributed by atoms with Crippen LogP contribution < -0.4 is 5.73 Å². The molecular weight excluding hydrogens is 199 g/mol. The molecule has 6 heteroatoms. The van der Waals surface area contributed by atoms with Gasteiger partial charge in [0.2, 0.25) is 5.91 Å². The first-order valence-electron chi connectivity index (χ1n) is 4.60. The molecule has 0 radical (unpaired) electrons. The number of ether oxygens (including phenoxy) is 1. The maximum absolute atomic E-state index is 12.6. The minimum atomic E-state index is -4.62. The zero-order chi connectivity index (χ0) is 12.1. The fraction of sp³-hybridized carbons (Fsp3) is 0.875. The third kappa shape index (κ3) is 1.58. The number of hydrogen-bond acceptors (Lipinski definition) is 2. The second kappa shape index (κ2) is 3.12. The molecule has 1 aliphatic rings. The first kappa shape index (κ1) is 9.76. The summed E-state index contributed by atoms with van der Waals surface area (Å²) in [5.41, 5.74) is 2.36. The lowest BCUT2D eigenvalue weighted by atomic mass is 9.89. The molecule has 0 saturated carbocycles. The minimum Gasteiger partial charge on any atom is -0.367 e. The van der Waals surface area contributed by atoms with Crippen molar-refractivity contribution in [2.45, 2.75) is 38.1 Å². The molecule has 82 valence electrons. The lowest BCUT2D eigenvalue weighted by Gasteiger charge is -2.30. The van der Waals surface area contributed by atoms with E-state index in [1.807, 2.05) is 0 Å². The lowest BCUT2D eigenvalue weighted by molar-refractivity contribution is -0.272. The van der Waals surface area contributed by atoms with E-state index < -0.39 is 29.7 Å². The average molecular weight is 212 g/mol. The summed E-state index contributed by atoms with van der Waals surface area (Å²) in [5.74, 6) is -2.18. The fourth-order valence-corrected chi connectivity index (χ4v) is 1.36. The second-order valence-corrected chi connectivity index (χ2v) is 3.60. The van der Waals surface area contributed by atoms with Crippen LogP contribution in [0.25, 0.3) is 0 Å². The Morgan fingerprint density at radius 2 is 2.21 bits per heavy atom. The van der Waals surface area contributed by atoms with Gasteiger partial charge in [0, 0.05) is 0 Å². The Morgan fingerprint density at radius 1 is 1.71 bits per heavy atom. The summed E-state index contributed by atoms with van der Waals surface area (Å²) in [6.07, 6.45) is -7.24. The summed E-state index contributed by atoms with van der Waals surface area (Å²) in [6.45, 7) is 2.11. The summed E-state index contributed by atoms with van der Waals surface area (Å²) in [7, 11) is 0. The number of amides is 1. The van der Waals surface area contributed by atoms with Crippen LogP contribution in [0.2, 0.25) is 0 Å². The van der Waals surface area contributed by atoms with Gasteiger partial charge in [-0.3, -0.25) is 4.79 Å².